The smallest absolute Gasteiger partial charge is 0.159 e. The van der Waals surface area contributed by atoms with Gasteiger partial charge >= 0.3 is 0 Å². The summed E-state index contributed by atoms with van der Waals surface area (Å²) in [6.45, 7) is 3.27. The Bertz CT molecular complexity index is 433. The van der Waals surface area contributed by atoms with Crippen molar-refractivity contribution in [3.63, 3.8) is 0 Å². The number of nitrogens with one attached hydrogen (secondary N) is 1. The molecule has 1 aromatic rings. The summed E-state index contributed by atoms with van der Waals surface area (Å²) in [7, 11) is 1.99. The standard InChI is InChI=1S/C17H25F2N/c1-3-12-4-6-14(11-20-2)15(8-12)9-13-5-7-16(18)17(19)10-13/h5,7,10,12,14-15,20H,3-4,6,8-9,11H2,1-2H3. The molecule has 0 amide bonds. The van der Waals surface area contributed by atoms with Crippen LogP contribution in [0.15, 0.2) is 18.2 Å². The molecule has 3 unspecified atom stereocenters. The first-order chi connectivity index (χ1) is 9.63. The van der Waals surface area contributed by atoms with Gasteiger partial charge in [-0.2, -0.15) is 0 Å². The van der Waals surface area contributed by atoms with Gasteiger partial charge < -0.3 is 5.32 Å². The zero-order valence-corrected chi connectivity index (χ0v) is 12.5. The highest BCUT2D eigenvalue weighted by Crippen LogP contribution is 2.37. The molecule has 1 N–H and O–H groups in total. The molecule has 0 aliphatic heterocycles. The minimum absolute atomic E-state index is 0.575. The molecule has 0 radical (unpaired) electrons. The first-order valence-corrected chi connectivity index (χ1v) is 7.72. The Morgan fingerprint density at radius 2 is 1.95 bits per heavy atom. The van der Waals surface area contributed by atoms with Gasteiger partial charge in [0.05, 0.1) is 0 Å². The van der Waals surface area contributed by atoms with Gasteiger partial charge in [0.2, 0.25) is 0 Å². The van der Waals surface area contributed by atoms with Crippen molar-refractivity contribution < 1.29 is 8.78 Å². The molecule has 0 heterocycles. The second kappa shape index (κ2) is 7.16. The first kappa shape index (κ1) is 15.4. The monoisotopic (exact) mass is 281 g/mol. The van der Waals surface area contributed by atoms with E-state index < -0.39 is 11.6 Å². The summed E-state index contributed by atoms with van der Waals surface area (Å²) in [5.41, 5.74) is 0.923. The van der Waals surface area contributed by atoms with Crippen molar-refractivity contribution in [3.05, 3.63) is 35.4 Å². The predicted molar refractivity (Wildman–Crippen MR) is 78.6 cm³/mol. The topological polar surface area (TPSA) is 12.0 Å². The van der Waals surface area contributed by atoms with Gasteiger partial charge in [-0.25, -0.2) is 8.78 Å². The summed E-state index contributed by atoms with van der Waals surface area (Å²) in [4.78, 5) is 0. The largest absolute Gasteiger partial charge is 0.319 e. The van der Waals surface area contributed by atoms with E-state index in [1.807, 2.05) is 7.05 Å². The summed E-state index contributed by atoms with van der Waals surface area (Å²) >= 11 is 0. The maximum atomic E-state index is 13.3. The van der Waals surface area contributed by atoms with Crippen LogP contribution in [0.1, 0.15) is 38.2 Å². The third-order valence-electron chi connectivity index (χ3n) is 4.77. The van der Waals surface area contributed by atoms with Crippen molar-refractivity contribution in [1.82, 2.24) is 5.32 Å². The maximum absolute atomic E-state index is 13.3. The molecule has 1 nitrogen and oxygen atoms in total. The van der Waals surface area contributed by atoms with Gasteiger partial charge in [0.25, 0.3) is 0 Å². The van der Waals surface area contributed by atoms with Crippen LogP contribution < -0.4 is 5.32 Å². The number of hydrogen-bond donors (Lipinski definition) is 1. The maximum Gasteiger partial charge on any atom is 0.159 e. The van der Waals surface area contributed by atoms with Crippen molar-refractivity contribution in [1.29, 1.82) is 0 Å². The minimum Gasteiger partial charge on any atom is -0.319 e. The van der Waals surface area contributed by atoms with Crippen molar-refractivity contribution in [2.75, 3.05) is 13.6 Å². The van der Waals surface area contributed by atoms with Gasteiger partial charge in [-0.15, -0.1) is 0 Å². The van der Waals surface area contributed by atoms with Crippen LogP contribution in [0.25, 0.3) is 0 Å². The number of benzene rings is 1. The molecule has 20 heavy (non-hydrogen) atoms. The number of rotatable bonds is 5. The lowest BCUT2D eigenvalue weighted by molar-refractivity contribution is 0.173. The lowest BCUT2D eigenvalue weighted by Crippen LogP contribution is -2.33. The fraction of sp³-hybridized carbons (Fsp3) is 0.647. The van der Waals surface area contributed by atoms with Crippen molar-refractivity contribution in [3.8, 4) is 0 Å². The minimum atomic E-state index is -0.754. The van der Waals surface area contributed by atoms with Crippen LogP contribution in [0.4, 0.5) is 8.78 Å². The Balaban J connectivity index is 2.07. The number of hydrogen-bond acceptors (Lipinski definition) is 1. The second-order valence-electron chi connectivity index (χ2n) is 6.12. The predicted octanol–water partition coefficient (Wildman–Crippen LogP) is 4.17. The normalized spacial score (nSPS) is 26.7. The molecule has 1 saturated carbocycles. The van der Waals surface area contributed by atoms with E-state index in [1.54, 1.807) is 6.07 Å². The molecule has 3 heteroatoms. The van der Waals surface area contributed by atoms with Gasteiger partial charge in [-0.3, -0.25) is 0 Å². The van der Waals surface area contributed by atoms with Crippen LogP contribution in [0.3, 0.4) is 0 Å². The quantitative estimate of drug-likeness (QED) is 0.854. The molecule has 0 bridgehead atoms. The number of halogens is 2. The van der Waals surface area contributed by atoms with E-state index in [9.17, 15) is 8.78 Å². The molecule has 1 aromatic carbocycles. The summed E-state index contributed by atoms with van der Waals surface area (Å²) in [6, 6.07) is 4.34. The Labute approximate surface area is 120 Å². The average Bonchev–Trinajstić information content (AvgIpc) is 2.45. The van der Waals surface area contributed by atoms with Crippen LogP contribution in [-0.2, 0) is 6.42 Å². The lowest BCUT2D eigenvalue weighted by Gasteiger charge is -2.36. The zero-order valence-electron chi connectivity index (χ0n) is 12.5. The molecule has 1 fully saturated rings. The third-order valence-corrected chi connectivity index (χ3v) is 4.77. The van der Waals surface area contributed by atoms with E-state index in [4.69, 9.17) is 0 Å². The molecule has 3 atom stereocenters. The van der Waals surface area contributed by atoms with E-state index in [1.165, 1.54) is 37.8 Å². The first-order valence-electron chi connectivity index (χ1n) is 7.72. The van der Waals surface area contributed by atoms with Crippen LogP contribution in [0.5, 0.6) is 0 Å². The Kier molecular flexibility index (Phi) is 5.53. The lowest BCUT2D eigenvalue weighted by atomic mass is 9.71. The molecule has 112 valence electrons. The van der Waals surface area contributed by atoms with Crippen molar-refractivity contribution in [2.45, 2.75) is 39.0 Å². The molecule has 0 aromatic heterocycles. The van der Waals surface area contributed by atoms with E-state index in [0.29, 0.717) is 11.8 Å². The van der Waals surface area contributed by atoms with Gasteiger partial charge in [0.1, 0.15) is 0 Å². The van der Waals surface area contributed by atoms with E-state index in [-0.39, 0.29) is 0 Å². The zero-order chi connectivity index (χ0) is 14.5. The fourth-order valence-electron chi connectivity index (χ4n) is 3.54. The van der Waals surface area contributed by atoms with Gasteiger partial charge in [-0.05, 0) is 68.3 Å². The SMILES string of the molecule is CCC1CCC(CNC)C(Cc2ccc(F)c(F)c2)C1. The van der Waals surface area contributed by atoms with Crippen LogP contribution in [0.2, 0.25) is 0 Å². The van der Waals surface area contributed by atoms with Crippen LogP contribution in [0, 0.1) is 29.4 Å². The Morgan fingerprint density at radius 3 is 2.60 bits per heavy atom. The van der Waals surface area contributed by atoms with Gasteiger partial charge in [0.15, 0.2) is 11.6 Å². The summed E-state index contributed by atoms with van der Waals surface area (Å²) in [5, 5.41) is 3.27. The van der Waals surface area contributed by atoms with Gasteiger partial charge in [0, 0.05) is 0 Å². The third kappa shape index (κ3) is 3.78. The molecule has 1 aliphatic rings. The highest BCUT2D eigenvalue weighted by atomic mass is 19.2. The van der Waals surface area contributed by atoms with E-state index >= 15 is 0 Å². The van der Waals surface area contributed by atoms with Crippen molar-refractivity contribution in [2.24, 2.45) is 17.8 Å². The van der Waals surface area contributed by atoms with E-state index in [2.05, 4.69) is 12.2 Å². The molecule has 0 spiro atoms. The molecule has 2 rings (SSSR count). The van der Waals surface area contributed by atoms with Crippen molar-refractivity contribution >= 4 is 0 Å². The fourth-order valence-corrected chi connectivity index (χ4v) is 3.54. The molecule has 0 saturated heterocycles. The Hall–Kier alpha value is -0.960. The second-order valence-corrected chi connectivity index (χ2v) is 6.12. The van der Waals surface area contributed by atoms with Crippen LogP contribution in [-0.4, -0.2) is 13.6 Å². The Morgan fingerprint density at radius 1 is 1.15 bits per heavy atom. The van der Waals surface area contributed by atoms with Gasteiger partial charge in [-0.1, -0.05) is 25.8 Å². The molecular weight excluding hydrogens is 256 g/mol. The highest BCUT2D eigenvalue weighted by molar-refractivity contribution is 5.18. The summed E-state index contributed by atoms with van der Waals surface area (Å²) < 4.78 is 26.3. The molecule has 1 aliphatic carbocycles. The summed E-state index contributed by atoms with van der Waals surface area (Å²) in [6.07, 6.45) is 5.84. The highest BCUT2D eigenvalue weighted by Gasteiger charge is 2.29. The van der Waals surface area contributed by atoms with E-state index in [0.717, 1.165) is 24.4 Å². The summed E-state index contributed by atoms with van der Waals surface area (Å²) in [5.74, 6) is 0.534. The average molecular weight is 281 g/mol. The van der Waals surface area contributed by atoms with Crippen LogP contribution >= 0.6 is 0 Å². The molecular formula is C17H25F2N.